The Morgan fingerprint density at radius 3 is 2.50 bits per heavy atom. The number of piperidine rings is 1. The van der Waals surface area contributed by atoms with Gasteiger partial charge < -0.3 is 14.5 Å². The molecule has 5 heteroatoms. The van der Waals surface area contributed by atoms with Gasteiger partial charge in [0.25, 0.3) is 0 Å². The minimum absolute atomic E-state index is 0.164. The van der Waals surface area contributed by atoms with Crippen molar-refractivity contribution in [2.24, 2.45) is 11.1 Å². The number of rotatable bonds is 4. The van der Waals surface area contributed by atoms with Crippen molar-refractivity contribution >= 4 is 5.90 Å². The Kier molecular flexibility index (Phi) is 5.58. The summed E-state index contributed by atoms with van der Waals surface area (Å²) < 4.78 is 6.19. The van der Waals surface area contributed by atoms with Gasteiger partial charge in [-0.2, -0.15) is 0 Å². The van der Waals surface area contributed by atoms with Crippen molar-refractivity contribution in [2.45, 2.75) is 57.1 Å². The van der Waals surface area contributed by atoms with Gasteiger partial charge in [0, 0.05) is 18.5 Å². The molecular formula is C17H31N3O2. The first kappa shape index (κ1) is 16.1. The van der Waals surface area contributed by atoms with Gasteiger partial charge in [-0.05, 0) is 65.7 Å². The smallest absolute Gasteiger partial charge is 0.229 e. The molecule has 1 saturated carbocycles. The molecule has 2 fully saturated rings. The fourth-order valence-corrected chi connectivity index (χ4v) is 3.94. The van der Waals surface area contributed by atoms with Crippen LogP contribution in [-0.4, -0.2) is 68.2 Å². The van der Waals surface area contributed by atoms with Crippen LogP contribution in [0, 0.1) is 5.92 Å². The first-order valence-corrected chi connectivity index (χ1v) is 8.97. The Labute approximate surface area is 134 Å². The van der Waals surface area contributed by atoms with Crippen LogP contribution in [-0.2, 0) is 9.57 Å². The molecule has 0 amide bonds. The summed E-state index contributed by atoms with van der Waals surface area (Å²) in [6.07, 6.45) is 8.99. The highest BCUT2D eigenvalue weighted by Gasteiger charge is 2.31. The van der Waals surface area contributed by atoms with Crippen LogP contribution in [0.4, 0.5) is 0 Å². The number of hydrogen-bond donors (Lipinski definition) is 0. The fourth-order valence-electron chi connectivity index (χ4n) is 3.94. The van der Waals surface area contributed by atoms with Gasteiger partial charge in [0.2, 0.25) is 5.90 Å². The molecule has 0 bridgehead atoms. The molecule has 22 heavy (non-hydrogen) atoms. The van der Waals surface area contributed by atoms with E-state index < -0.39 is 0 Å². The van der Waals surface area contributed by atoms with Gasteiger partial charge in [-0.15, -0.1) is 0 Å². The van der Waals surface area contributed by atoms with Crippen molar-refractivity contribution < 1.29 is 9.57 Å². The van der Waals surface area contributed by atoms with E-state index in [-0.39, 0.29) is 6.10 Å². The molecule has 2 aliphatic heterocycles. The molecule has 0 radical (unpaired) electrons. The first-order valence-electron chi connectivity index (χ1n) is 8.97. The van der Waals surface area contributed by atoms with Crippen molar-refractivity contribution in [3.05, 3.63) is 0 Å². The van der Waals surface area contributed by atoms with Crippen molar-refractivity contribution in [3.63, 3.8) is 0 Å². The van der Waals surface area contributed by atoms with E-state index in [1.807, 2.05) is 0 Å². The summed E-state index contributed by atoms with van der Waals surface area (Å²) in [5.41, 5.74) is 0. The molecule has 1 atom stereocenters. The van der Waals surface area contributed by atoms with Crippen LogP contribution in [0.2, 0.25) is 0 Å². The highest BCUT2D eigenvalue weighted by atomic mass is 16.7. The predicted octanol–water partition coefficient (Wildman–Crippen LogP) is 2.32. The zero-order valence-electron chi connectivity index (χ0n) is 14.2. The maximum atomic E-state index is 6.19. The second kappa shape index (κ2) is 7.64. The summed E-state index contributed by atoms with van der Waals surface area (Å²) in [4.78, 5) is 10.3. The molecule has 126 valence electrons. The Morgan fingerprint density at radius 2 is 1.82 bits per heavy atom. The molecule has 3 rings (SSSR count). The molecule has 2 heterocycles. The summed E-state index contributed by atoms with van der Waals surface area (Å²) in [5, 5.41) is 4.23. The third kappa shape index (κ3) is 4.13. The van der Waals surface area contributed by atoms with Crippen LogP contribution >= 0.6 is 0 Å². The van der Waals surface area contributed by atoms with Crippen LogP contribution in [0.3, 0.4) is 0 Å². The van der Waals surface area contributed by atoms with E-state index in [0.29, 0.717) is 18.6 Å². The summed E-state index contributed by atoms with van der Waals surface area (Å²) in [6, 6.07) is 0.713. The molecule has 0 spiro atoms. The van der Waals surface area contributed by atoms with Crippen LogP contribution in [0.1, 0.15) is 44.9 Å². The highest BCUT2D eigenvalue weighted by molar-refractivity contribution is 5.78. The van der Waals surface area contributed by atoms with Gasteiger partial charge in [-0.3, -0.25) is 4.90 Å². The average Bonchev–Trinajstić information content (AvgIpc) is 2.56. The summed E-state index contributed by atoms with van der Waals surface area (Å²) in [7, 11) is 4.36. The lowest BCUT2D eigenvalue weighted by Gasteiger charge is -2.36. The van der Waals surface area contributed by atoms with Gasteiger partial charge in [0.1, 0.15) is 6.10 Å². The SMILES string of the molecule is CN(C)[C@H]1CC[C@@H](C2=NOC[C@@H](CN3CCCCC3)O2)CC1. The normalized spacial score (nSPS) is 34.0. The van der Waals surface area contributed by atoms with E-state index in [1.54, 1.807) is 0 Å². The third-order valence-corrected chi connectivity index (χ3v) is 5.39. The molecule has 1 saturated heterocycles. The quantitative estimate of drug-likeness (QED) is 0.799. The van der Waals surface area contributed by atoms with Gasteiger partial charge in [0.15, 0.2) is 6.61 Å². The molecule has 0 N–H and O–H groups in total. The molecule has 1 aliphatic carbocycles. The Hall–Kier alpha value is -0.810. The second-order valence-electron chi connectivity index (χ2n) is 7.30. The monoisotopic (exact) mass is 309 g/mol. The summed E-state index contributed by atoms with van der Waals surface area (Å²) >= 11 is 0. The molecule has 0 aromatic rings. The maximum absolute atomic E-state index is 6.19. The van der Waals surface area contributed by atoms with Crippen LogP contribution in [0.15, 0.2) is 5.16 Å². The third-order valence-electron chi connectivity index (χ3n) is 5.39. The molecule has 3 aliphatic rings. The van der Waals surface area contributed by atoms with E-state index in [0.717, 1.165) is 12.4 Å². The molecule has 0 unspecified atom stereocenters. The standard InChI is InChI=1S/C17H31N3O2/c1-19(2)15-8-6-14(7-9-15)17-18-21-13-16(22-17)12-20-10-4-3-5-11-20/h14-16H,3-13H2,1-2H3/t14-,15+,16-/m1/s1. The van der Waals surface area contributed by atoms with E-state index in [1.165, 1.54) is 58.0 Å². The molecular weight excluding hydrogens is 278 g/mol. The molecule has 0 aromatic heterocycles. The van der Waals surface area contributed by atoms with Gasteiger partial charge >= 0.3 is 0 Å². The van der Waals surface area contributed by atoms with Gasteiger partial charge in [0.05, 0.1) is 0 Å². The van der Waals surface area contributed by atoms with E-state index >= 15 is 0 Å². The minimum Gasteiger partial charge on any atom is -0.470 e. The number of oxime groups is 1. The summed E-state index contributed by atoms with van der Waals surface area (Å²) in [5.74, 6) is 1.32. The predicted molar refractivity (Wildman–Crippen MR) is 88.0 cm³/mol. The molecule has 5 nitrogen and oxygen atoms in total. The van der Waals surface area contributed by atoms with E-state index in [2.05, 4.69) is 29.1 Å². The average molecular weight is 309 g/mol. The number of ether oxygens (including phenoxy) is 1. The fraction of sp³-hybridized carbons (Fsp3) is 0.941. The first-order chi connectivity index (χ1) is 10.7. The topological polar surface area (TPSA) is 37.3 Å². The van der Waals surface area contributed by atoms with Crippen LogP contribution < -0.4 is 0 Å². The number of hydrogen-bond acceptors (Lipinski definition) is 5. The number of likely N-dealkylation sites (tertiary alicyclic amines) is 1. The van der Waals surface area contributed by atoms with Crippen molar-refractivity contribution in [1.29, 1.82) is 0 Å². The largest absolute Gasteiger partial charge is 0.470 e. The Bertz CT molecular complexity index is 372. The lowest BCUT2D eigenvalue weighted by Crippen LogP contribution is -2.43. The maximum Gasteiger partial charge on any atom is 0.229 e. The summed E-state index contributed by atoms with van der Waals surface area (Å²) in [6.45, 7) is 4.01. The lowest BCUT2D eigenvalue weighted by atomic mass is 9.85. The highest BCUT2D eigenvalue weighted by Crippen LogP contribution is 2.29. The van der Waals surface area contributed by atoms with Gasteiger partial charge in [-0.25, -0.2) is 0 Å². The zero-order chi connectivity index (χ0) is 15.4. The Morgan fingerprint density at radius 1 is 1.09 bits per heavy atom. The Balaban J connectivity index is 1.47. The van der Waals surface area contributed by atoms with E-state index in [4.69, 9.17) is 9.57 Å². The van der Waals surface area contributed by atoms with Crippen LogP contribution in [0.5, 0.6) is 0 Å². The van der Waals surface area contributed by atoms with Crippen molar-refractivity contribution in [3.8, 4) is 0 Å². The molecule has 0 aromatic carbocycles. The second-order valence-corrected chi connectivity index (χ2v) is 7.30. The van der Waals surface area contributed by atoms with E-state index in [9.17, 15) is 0 Å². The van der Waals surface area contributed by atoms with Gasteiger partial charge in [-0.1, -0.05) is 11.6 Å². The van der Waals surface area contributed by atoms with Crippen molar-refractivity contribution in [1.82, 2.24) is 9.80 Å². The van der Waals surface area contributed by atoms with Crippen LogP contribution in [0.25, 0.3) is 0 Å². The zero-order valence-corrected chi connectivity index (χ0v) is 14.2. The lowest BCUT2D eigenvalue weighted by molar-refractivity contribution is -0.0172. The van der Waals surface area contributed by atoms with Crippen molar-refractivity contribution in [2.75, 3.05) is 40.3 Å². The number of nitrogens with zero attached hydrogens (tertiary/aromatic N) is 3. The minimum atomic E-state index is 0.164.